The van der Waals surface area contributed by atoms with Crippen molar-refractivity contribution < 1.29 is 4.79 Å². The molecular formula is C7H14N2OS. The lowest BCUT2D eigenvalue weighted by Gasteiger charge is -2.17. The minimum absolute atomic E-state index is 0.0690. The molecule has 2 N–H and O–H groups in total. The molecule has 0 aromatic rings. The Morgan fingerprint density at radius 2 is 2.27 bits per heavy atom. The van der Waals surface area contributed by atoms with Crippen molar-refractivity contribution >= 4 is 18.5 Å². The van der Waals surface area contributed by atoms with Crippen LogP contribution in [0.4, 0.5) is 0 Å². The third-order valence-electron chi connectivity index (χ3n) is 1.30. The van der Waals surface area contributed by atoms with Gasteiger partial charge in [0.1, 0.15) is 0 Å². The number of likely N-dealkylation sites (N-methyl/N-ethyl adjacent to an activating group) is 1. The van der Waals surface area contributed by atoms with E-state index in [9.17, 15) is 4.79 Å². The zero-order valence-electron chi connectivity index (χ0n) is 6.85. The molecule has 3 nitrogen and oxygen atoms in total. The summed E-state index contributed by atoms with van der Waals surface area (Å²) >= 11 is 4.07. The Morgan fingerprint density at radius 3 is 2.55 bits per heavy atom. The molecule has 0 rings (SSSR count). The fourth-order valence-corrected chi connectivity index (χ4v) is 0.974. The highest BCUT2D eigenvalue weighted by atomic mass is 32.1. The Bertz CT molecular complexity index is 159. The monoisotopic (exact) mass is 174 g/mol. The second-order valence-corrected chi connectivity index (χ2v) is 2.58. The van der Waals surface area contributed by atoms with Crippen molar-refractivity contribution in [2.75, 3.05) is 12.8 Å². The average Bonchev–Trinajstić information content (AvgIpc) is 1.98. The van der Waals surface area contributed by atoms with E-state index in [2.05, 4.69) is 29.8 Å². The molecule has 0 bridgehead atoms. The average molecular weight is 174 g/mol. The van der Waals surface area contributed by atoms with E-state index >= 15 is 0 Å². The second kappa shape index (κ2) is 5.07. The van der Waals surface area contributed by atoms with Crippen molar-refractivity contribution in [3.8, 4) is 0 Å². The van der Waals surface area contributed by atoms with Crippen LogP contribution >= 0.6 is 12.6 Å². The van der Waals surface area contributed by atoms with E-state index in [1.807, 2.05) is 0 Å². The highest BCUT2D eigenvalue weighted by Gasteiger charge is 2.09. The Morgan fingerprint density at radius 1 is 1.73 bits per heavy atom. The molecule has 0 aliphatic rings. The van der Waals surface area contributed by atoms with Crippen molar-refractivity contribution in [1.29, 1.82) is 0 Å². The smallest absolute Gasteiger partial charge is 0.217 e. The highest BCUT2D eigenvalue weighted by Crippen LogP contribution is 1.96. The summed E-state index contributed by atoms with van der Waals surface area (Å²) in [6.45, 7) is 5.19. The number of nitrogens with one attached hydrogen (secondary N) is 2. The standard InChI is InChI=1S/C7H14N2OS/c1-5(8-3)7(4-11)9-6(2)10/h7-8,11H,1,4H2,2-3H3,(H,9,10). The van der Waals surface area contributed by atoms with Crippen LogP contribution in [-0.2, 0) is 4.79 Å². The van der Waals surface area contributed by atoms with Crippen molar-refractivity contribution in [3.05, 3.63) is 12.3 Å². The molecule has 1 unspecified atom stereocenters. The normalized spacial score (nSPS) is 11.9. The SMILES string of the molecule is C=C(NC)C(CS)NC(C)=O. The van der Waals surface area contributed by atoms with Crippen LogP contribution in [0.2, 0.25) is 0 Å². The Balaban J connectivity index is 3.94. The Labute approximate surface area is 72.7 Å². The lowest BCUT2D eigenvalue weighted by molar-refractivity contribution is -0.119. The Kier molecular flexibility index (Phi) is 4.77. The van der Waals surface area contributed by atoms with E-state index in [0.29, 0.717) is 5.75 Å². The van der Waals surface area contributed by atoms with Gasteiger partial charge in [-0.2, -0.15) is 12.6 Å². The van der Waals surface area contributed by atoms with Gasteiger partial charge in [0, 0.05) is 25.4 Å². The number of thiol groups is 1. The number of hydrogen-bond donors (Lipinski definition) is 3. The largest absolute Gasteiger partial charge is 0.390 e. The summed E-state index contributed by atoms with van der Waals surface area (Å²) in [6.07, 6.45) is 0. The summed E-state index contributed by atoms with van der Waals surface area (Å²) in [6, 6.07) is -0.0826. The summed E-state index contributed by atoms with van der Waals surface area (Å²) in [5.74, 6) is 0.486. The lowest BCUT2D eigenvalue weighted by Crippen LogP contribution is -2.39. The van der Waals surface area contributed by atoms with Crippen LogP contribution < -0.4 is 10.6 Å². The molecule has 0 aliphatic heterocycles. The molecule has 0 saturated heterocycles. The fourth-order valence-electron chi connectivity index (χ4n) is 0.663. The van der Waals surface area contributed by atoms with Gasteiger partial charge in [0.25, 0.3) is 0 Å². The number of hydrogen-bond acceptors (Lipinski definition) is 3. The first-order valence-corrected chi connectivity index (χ1v) is 3.99. The molecule has 4 heteroatoms. The quantitative estimate of drug-likeness (QED) is 0.531. The third-order valence-corrected chi connectivity index (χ3v) is 1.67. The maximum Gasteiger partial charge on any atom is 0.217 e. The Hall–Kier alpha value is -0.640. The summed E-state index contributed by atoms with van der Waals surface area (Å²) in [4.78, 5) is 10.6. The summed E-state index contributed by atoms with van der Waals surface area (Å²) in [5.41, 5.74) is 0.773. The van der Waals surface area contributed by atoms with Crippen LogP contribution in [0.25, 0.3) is 0 Å². The molecule has 1 amide bonds. The van der Waals surface area contributed by atoms with Gasteiger partial charge < -0.3 is 10.6 Å². The van der Waals surface area contributed by atoms with Crippen molar-refractivity contribution in [1.82, 2.24) is 10.6 Å². The van der Waals surface area contributed by atoms with Gasteiger partial charge in [0.2, 0.25) is 5.91 Å². The molecule has 0 fully saturated rings. The minimum Gasteiger partial charge on any atom is -0.390 e. The van der Waals surface area contributed by atoms with E-state index in [0.717, 1.165) is 5.70 Å². The van der Waals surface area contributed by atoms with E-state index in [4.69, 9.17) is 0 Å². The molecule has 0 radical (unpaired) electrons. The summed E-state index contributed by atoms with van der Waals surface area (Å²) < 4.78 is 0. The van der Waals surface area contributed by atoms with E-state index in [-0.39, 0.29) is 11.9 Å². The summed E-state index contributed by atoms with van der Waals surface area (Å²) in [5, 5.41) is 5.57. The molecule has 64 valence electrons. The van der Waals surface area contributed by atoms with Crippen LogP contribution in [0.1, 0.15) is 6.92 Å². The molecule has 1 atom stereocenters. The van der Waals surface area contributed by atoms with Gasteiger partial charge in [-0.25, -0.2) is 0 Å². The van der Waals surface area contributed by atoms with Crippen molar-refractivity contribution in [2.45, 2.75) is 13.0 Å². The molecular weight excluding hydrogens is 160 g/mol. The van der Waals surface area contributed by atoms with Crippen molar-refractivity contribution in [3.63, 3.8) is 0 Å². The first-order chi connectivity index (χ1) is 5.11. The highest BCUT2D eigenvalue weighted by molar-refractivity contribution is 7.80. The molecule has 11 heavy (non-hydrogen) atoms. The van der Waals surface area contributed by atoms with Crippen LogP contribution in [0.5, 0.6) is 0 Å². The molecule has 0 spiro atoms. The molecule has 0 aromatic carbocycles. The van der Waals surface area contributed by atoms with Crippen LogP contribution in [-0.4, -0.2) is 24.7 Å². The molecule has 0 aliphatic carbocycles. The van der Waals surface area contributed by atoms with Gasteiger partial charge >= 0.3 is 0 Å². The van der Waals surface area contributed by atoms with E-state index in [1.54, 1.807) is 7.05 Å². The maximum atomic E-state index is 10.6. The topological polar surface area (TPSA) is 41.1 Å². The van der Waals surface area contributed by atoms with Gasteiger partial charge in [-0.3, -0.25) is 4.79 Å². The van der Waals surface area contributed by atoms with Gasteiger partial charge in [0.05, 0.1) is 6.04 Å². The van der Waals surface area contributed by atoms with E-state index < -0.39 is 0 Å². The summed E-state index contributed by atoms with van der Waals surface area (Å²) in [7, 11) is 1.76. The van der Waals surface area contributed by atoms with Gasteiger partial charge in [-0.15, -0.1) is 0 Å². The van der Waals surface area contributed by atoms with Gasteiger partial charge in [0.15, 0.2) is 0 Å². The van der Waals surface area contributed by atoms with Crippen LogP contribution in [0, 0.1) is 0 Å². The zero-order chi connectivity index (χ0) is 8.85. The second-order valence-electron chi connectivity index (χ2n) is 2.21. The van der Waals surface area contributed by atoms with Crippen molar-refractivity contribution in [2.24, 2.45) is 0 Å². The first kappa shape index (κ1) is 10.4. The predicted octanol–water partition coefficient (Wildman–Crippen LogP) is 0.154. The van der Waals surface area contributed by atoms with Crippen LogP contribution in [0.15, 0.2) is 12.3 Å². The number of carbonyl (C=O) groups is 1. The van der Waals surface area contributed by atoms with Crippen LogP contribution in [0.3, 0.4) is 0 Å². The molecule has 0 aromatic heterocycles. The number of amides is 1. The first-order valence-electron chi connectivity index (χ1n) is 3.36. The zero-order valence-corrected chi connectivity index (χ0v) is 7.74. The number of carbonyl (C=O) groups excluding carboxylic acids is 1. The fraction of sp³-hybridized carbons (Fsp3) is 0.571. The maximum absolute atomic E-state index is 10.6. The molecule has 0 saturated carbocycles. The lowest BCUT2D eigenvalue weighted by atomic mass is 10.2. The molecule has 0 heterocycles. The third kappa shape index (κ3) is 3.93. The number of rotatable bonds is 4. The van der Waals surface area contributed by atoms with Gasteiger partial charge in [-0.1, -0.05) is 6.58 Å². The minimum atomic E-state index is -0.0826. The predicted molar refractivity (Wildman–Crippen MR) is 49.7 cm³/mol. The van der Waals surface area contributed by atoms with Gasteiger partial charge in [-0.05, 0) is 0 Å². The van der Waals surface area contributed by atoms with E-state index in [1.165, 1.54) is 6.92 Å².